The Hall–Kier alpha value is -2.47. The molecule has 1 saturated heterocycles. The van der Waals surface area contributed by atoms with Crippen molar-refractivity contribution in [1.29, 1.82) is 0 Å². The van der Waals surface area contributed by atoms with Gasteiger partial charge in [-0.05, 0) is 18.2 Å². The largest absolute Gasteiger partial charge is 0.493 e. The fraction of sp³-hybridized carbons (Fsp3) is 0.300. The van der Waals surface area contributed by atoms with Gasteiger partial charge in [-0.25, -0.2) is 0 Å². The molecule has 0 aliphatic carbocycles. The highest BCUT2D eigenvalue weighted by Crippen LogP contribution is 2.32. The van der Waals surface area contributed by atoms with E-state index in [1.165, 1.54) is 0 Å². The lowest BCUT2D eigenvalue weighted by Gasteiger charge is -2.29. The molecule has 6 heteroatoms. The number of thioether (sulfide) groups is 1. The van der Waals surface area contributed by atoms with Crippen LogP contribution in [0.5, 0.6) is 5.75 Å². The van der Waals surface area contributed by atoms with E-state index < -0.39 is 6.04 Å². The van der Waals surface area contributed by atoms with Crippen LogP contribution in [-0.2, 0) is 4.79 Å². The molecule has 0 unspecified atom stereocenters. The van der Waals surface area contributed by atoms with Crippen LogP contribution in [0.25, 0.3) is 0 Å². The summed E-state index contributed by atoms with van der Waals surface area (Å²) < 4.78 is 5.66. The summed E-state index contributed by atoms with van der Waals surface area (Å²) in [6, 6.07) is 16.4. The zero-order chi connectivity index (χ0) is 17.9. The third kappa shape index (κ3) is 3.29. The minimum atomic E-state index is -0.442. The Labute approximate surface area is 156 Å². The van der Waals surface area contributed by atoms with E-state index in [0.29, 0.717) is 23.8 Å². The molecule has 2 aromatic rings. The number of carbonyl (C=O) groups excluding carboxylic acids is 2. The summed E-state index contributed by atoms with van der Waals surface area (Å²) in [7, 11) is 0. The van der Waals surface area contributed by atoms with Gasteiger partial charge >= 0.3 is 0 Å². The third-order valence-corrected chi connectivity index (χ3v) is 5.75. The highest BCUT2D eigenvalue weighted by Gasteiger charge is 2.36. The second-order valence-corrected chi connectivity index (χ2v) is 7.39. The Morgan fingerprint density at radius 2 is 1.85 bits per heavy atom. The first-order valence-electron chi connectivity index (χ1n) is 8.70. The molecular weight excluding hydrogens is 348 g/mol. The van der Waals surface area contributed by atoms with Crippen LogP contribution in [0.3, 0.4) is 0 Å². The second kappa shape index (κ2) is 7.41. The number of hydrogen-bond acceptors (Lipinski definition) is 4. The minimum Gasteiger partial charge on any atom is -0.493 e. The average Bonchev–Trinajstić information content (AvgIpc) is 3.18. The van der Waals surface area contributed by atoms with Crippen LogP contribution in [0.1, 0.15) is 28.4 Å². The number of nitrogens with zero attached hydrogens (tertiary/aromatic N) is 1. The fourth-order valence-corrected chi connectivity index (χ4v) is 4.52. The van der Waals surface area contributed by atoms with Gasteiger partial charge in [-0.2, -0.15) is 0 Å². The van der Waals surface area contributed by atoms with E-state index in [1.54, 1.807) is 28.8 Å². The summed E-state index contributed by atoms with van der Waals surface area (Å²) in [5, 5.41) is 3.13. The topological polar surface area (TPSA) is 58.6 Å². The van der Waals surface area contributed by atoms with Crippen LogP contribution >= 0.6 is 11.8 Å². The first-order valence-corrected chi connectivity index (χ1v) is 9.85. The van der Waals surface area contributed by atoms with Crippen LogP contribution in [-0.4, -0.2) is 41.0 Å². The van der Waals surface area contributed by atoms with Gasteiger partial charge in [0.15, 0.2) is 0 Å². The Balaban J connectivity index is 1.49. The highest BCUT2D eigenvalue weighted by atomic mass is 32.2. The van der Waals surface area contributed by atoms with Gasteiger partial charge in [0.05, 0.1) is 18.5 Å². The number of para-hydroxylation sites is 1. The molecule has 0 aromatic heterocycles. The molecule has 0 bridgehead atoms. The SMILES string of the molecule is O=C(N[C@@H]1CCOc2ccccc21)[C@@H]1CSCN1C(=O)c1ccccc1. The van der Waals surface area contributed by atoms with E-state index in [2.05, 4.69) is 5.32 Å². The molecule has 2 amide bonds. The predicted molar refractivity (Wildman–Crippen MR) is 101 cm³/mol. The molecule has 0 radical (unpaired) electrons. The summed E-state index contributed by atoms with van der Waals surface area (Å²) in [6.45, 7) is 0.577. The maximum atomic E-state index is 12.9. The van der Waals surface area contributed by atoms with Gasteiger partial charge in [0.1, 0.15) is 11.8 Å². The van der Waals surface area contributed by atoms with Gasteiger partial charge in [0.2, 0.25) is 5.91 Å². The van der Waals surface area contributed by atoms with E-state index >= 15 is 0 Å². The van der Waals surface area contributed by atoms with Crippen LogP contribution in [0.4, 0.5) is 0 Å². The van der Waals surface area contributed by atoms with Gasteiger partial charge in [-0.1, -0.05) is 36.4 Å². The number of fused-ring (bicyclic) bond motifs is 1. The predicted octanol–water partition coefficient (Wildman–Crippen LogP) is 2.84. The van der Waals surface area contributed by atoms with E-state index in [9.17, 15) is 9.59 Å². The quantitative estimate of drug-likeness (QED) is 0.905. The minimum absolute atomic E-state index is 0.0771. The van der Waals surface area contributed by atoms with E-state index in [0.717, 1.165) is 17.7 Å². The molecule has 2 heterocycles. The van der Waals surface area contributed by atoms with E-state index in [1.807, 2.05) is 42.5 Å². The number of amides is 2. The molecule has 2 aromatic carbocycles. The average molecular weight is 368 g/mol. The van der Waals surface area contributed by atoms with Crippen molar-refractivity contribution < 1.29 is 14.3 Å². The maximum absolute atomic E-state index is 12.9. The number of carbonyl (C=O) groups is 2. The lowest BCUT2D eigenvalue weighted by molar-refractivity contribution is -0.125. The van der Waals surface area contributed by atoms with Crippen LogP contribution < -0.4 is 10.1 Å². The molecule has 0 spiro atoms. The lowest BCUT2D eigenvalue weighted by Crippen LogP contribution is -2.48. The van der Waals surface area contributed by atoms with Crippen LogP contribution in [0.2, 0.25) is 0 Å². The first kappa shape index (κ1) is 17.0. The maximum Gasteiger partial charge on any atom is 0.255 e. The lowest BCUT2D eigenvalue weighted by atomic mass is 10.00. The number of nitrogens with one attached hydrogen (secondary N) is 1. The van der Waals surface area contributed by atoms with Gasteiger partial charge in [0, 0.05) is 23.3 Å². The number of benzene rings is 2. The highest BCUT2D eigenvalue weighted by molar-refractivity contribution is 7.99. The standard InChI is InChI=1S/C20H20N2O3S/c23-19(21-16-10-11-25-18-9-5-4-8-15(16)18)17-12-26-13-22(17)20(24)14-6-2-1-3-7-14/h1-9,16-17H,10-13H2,(H,21,23)/t16-,17+/m1/s1. The number of rotatable bonds is 3. The molecule has 2 aliphatic heterocycles. The molecule has 26 heavy (non-hydrogen) atoms. The van der Waals surface area contributed by atoms with E-state index in [4.69, 9.17) is 4.74 Å². The second-order valence-electron chi connectivity index (χ2n) is 6.39. The van der Waals surface area contributed by atoms with Crippen molar-refractivity contribution >= 4 is 23.6 Å². The van der Waals surface area contributed by atoms with Crippen molar-refractivity contribution in [2.24, 2.45) is 0 Å². The molecule has 134 valence electrons. The van der Waals surface area contributed by atoms with Gasteiger partial charge < -0.3 is 15.0 Å². The molecule has 0 saturated carbocycles. The van der Waals surface area contributed by atoms with Crippen molar-refractivity contribution in [2.45, 2.75) is 18.5 Å². The molecule has 1 N–H and O–H groups in total. The molecular formula is C20H20N2O3S. The molecule has 2 aliphatic rings. The van der Waals surface area contributed by atoms with Crippen molar-refractivity contribution in [1.82, 2.24) is 10.2 Å². The van der Waals surface area contributed by atoms with E-state index in [-0.39, 0.29) is 17.9 Å². The van der Waals surface area contributed by atoms with Gasteiger partial charge in [0.25, 0.3) is 5.91 Å². The Morgan fingerprint density at radius 3 is 2.69 bits per heavy atom. The summed E-state index contributed by atoms with van der Waals surface area (Å²) >= 11 is 1.61. The van der Waals surface area contributed by atoms with Crippen molar-refractivity contribution in [3.63, 3.8) is 0 Å². The molecule has 5 nitrogen and oxygen atoms in total. The summed E-state index contributed by atoms with van der Waals surface area (Å²) in [5.74, 6) is 1.79. The van der Waals surface area contributed by atoms with Crippen LogP contribution in [0, 0.1) is 0 Å². The number of ether oxygens (including phenoxy) is 1. The van der Waals surface area contributed by atoms with Gasteiger partial charge in [-0.15, -0.1) is 11.8 Å². The van der Waals surface area contributed by atoms with Crippen molar-refractivity contribution in [2.75, 3.05) is 18.2 Å². The third-order valence-electron chi connectivity index (χ3n) is 4.74. The fourth-order valence-electron chi connectivity index (χ4n) is 3.37. The Bertz CT molecular complexity index is 812. The van der Waals surface area contributed by atoms with Crippen LogP contribution in [0.15, 0.2) is 54.6 Å². The molecule has 4 rings (SSSR count). The Morgan fingerprint density at radius 1 is 1.08 bits per heavy atom. The smallest absolute Gasteiger partial charge is 0.255 e. The monoisotopic (exact) mass is 368 g/mol. The summed E-state index contributed by atoms with van der Waals surface area (Å²) in [6.07, 6.45) is 0.731. The molecule has 2 atom stereocenters. The van der Waals surface area contributed by atoms with Crippen molar-refractivity contribution in [3.05, 3.63) is 65.7 Å². The summed E-state index contributed by atoms with van der Waals surface area (Å²) in [5.41, 5.74) is 1.61. The zero-order valence-electron chi connectivity index (χ0n) is 14.3. The normalized spacial score (nSPS) is 21.6. The van der Waals surface area contributed by atoms with Crippen molar-refractivity contribution in [3.8, 4) is 5.75 Å². The first-order chi connectivity index (χ1) is 12.7. The summed E-state index contributed by atoms with van der Waals surface area (Å²) in [4.78, 5) is 27.3. The van der Waals surface area contributed by atoms with Gasteiger partial charge in [-0.3, -0.25) is 9.59 Å². The number of hydrogen-bond donors (Lipinski definition) is 1. The zero-order valence-corrected chi connectivity index (χ0v) is 15.1. The molecule has 1 fully saturated rings. The Kier molecular flexibility index (Phi) is 4.84.